The number of rotatable bonds is 5. The number of guanidine groups is 1. The molecule has 2 N–H and O–H groups in total. The van der Waals surface area contributed by atoms with Crippen molar-refractivity contribution in [2.45, 2.75) is 20.0 Å². The molecule has 0 saturated heterocycles. The number of nitrogens with zero attached hydrogens (tertiary/aromatic N) is 2. The molecule has 0 aliphatic heterocycles. The molecule has 0 aliphatic carbocycles. The summed E-state index contributed by atoms with van der Waals surface area (Å²) in [7, 11) is 3.41. The summed E-state index contributed by atoms with van der Waals surface area (Å²) in [5.41, 5.74) is 3.99. The van der Waals surface area contributed by atoms with Crippen molar-refractivity contribution >= 4 is 5.96 Å². The van der Waals surface area contributed by atoms with Gasteiger partial charge in [0.2, 0.25) is 0 Å². The molecule has 2 aromatic carbocycles. The summed E-state index contributed by atoms with van der Waals surface area (Å²) in [6.07, 6.45) is 0. The maximum Gasteiger partial charge on any atom is 0.191 e. The smallest absolute Gasteiger partial charge is 0.191 e. The highest BCUT2D eigenvalue weighted by Gasteiger charge is 2.05. The van der Waals surface area contributed by atoms with Crippen LogP contribution >= 0.6 is 0 Å². The van der Waals surface area contributed by atoms with E-state index in [1.165, 1.54) is 5.56 Å². The lowest BCUT2D eigenvalue weighted by molar-refractivity contribution is 0.408. The molecule has 0 unspecified atom stereocenters. The fourth-order valence-electron chi connectivity index (χ4n) is 2.28. The molecule has 24 heavy (non-hydrogen) atoms. The van der Waals surface area contributed by atoms with Crippen molar-refractivity contribution in [2.24, 2.45) is 4.99 Å². The summed E-state index contributed by atoms with van der Waals surface area (Å²) in [6, 6.07) is 15.7. The first-order valence-corrected chi connectivity index (χ1v) is 7.73. The minimum absolute atomic E-state index is 0.622. The molecule has 2 rings (SSSR count). The van der Waals surface area contributed by atoms with Gasteiger partial charge in [-0.1, -0.05) is 24.3 Å². The van der Waals surface area contributed by atoms with Crippen molar-refractivity contribution < 1.29 is 4.74 Å². The van der Waals surface area contributed by atoms with Crippen LogP contribution in [0.5, 0.6) is 5.75 Å². The van der Waals surface area contributed by atoms with Gasteiger partial charge < -0.3 is 15.4 Å². The van der Waals surface area contributed by atoms with Gasteiger partial charge in [0.05, 0.1) is 18.7 Å². The zero-order chi connectivity index (χ0) is 17.4. The van der Waals surface area contributed by atoms with Crippen molar-refractivity contribution in [1.82, 2.24) is 10.6 Å². The molecule has 0 bridgehead atoms. The molecule has 0 saturated carbocycles. The highest BCUT2D eigenvalue weighted by atomic mass is 16.5. The van der Waals surface area contributed by atoms with Crippen LogP contribution in [0.25, 0.3) is 0 Å². The van der Waals surface area contributed by atoms with Crippen molar-refractivity contribution in [3.8, 4) is 11.8 Å². The predicted molar refractivity (Wildman–Crippen MR) is 95.9 cm³/mol. The maximum atomic E-state index is 8.82. The van der Waals surface area contributed by atoms with Gasteiger partial charge in [0.1, 0.15) is 5.75 Å². The average Bonchev–Trinajstić information content (AvgIpc) is 2.63. The summed E-state index contributed by atoms with van der Waals surface area (Å²) >= 11 is 0. The number of methoxy groups -OCH3 is 1. The molecule has 0 amide bonds. The largest absolute Gasteiger partial charge is 0.496 e. The summed E-state index contributed by atoms with van der Waals surface area (Å²) in [6.45, 7) is 3.30. The van der Waals surface area contributed by atoms with Crippen LogP contribution in [0.3, 0.4) is 0 Å². The highest BCUT2D eigenvalue weighted by Crippen LogP contribution is 2.19. The molecule has 0 aromatic heterocycles. The van der Waals surface area contributed by atoms with E-state index < -0.39 is 0 Å². The number of aliphatic imine (C=N–C) groups is 1. The molecule has 0 radical (unpaired) electrons. The van der Waals surface area contributed by atoms with Crippen molar-refractivity contribution in [3.63, 3.8) is 0 Å². The molecule has 5 heteroatoms. The standard InChI is InChI=1S/C19H22N4O/c1-14-4-9-17(18(10-14)24-3)13-23-19(21-2)22-12-16-7-5-15(11-20)6-8-16/h4-10H,12-13H2,1-3H3,(H2,21,22,23). The Morgan fingerprint density at radius 1 is 1.12 bits per heavy atom. The Morgan fingerprint density at radius 3 is 2.46 bits per heavy atom. The summed E-state index contributed by atoms with van der Waals surface area (Å²) in [4.78, 5) is 4.23. The Kier molecular flexibility index (Phi) is 6.21. The van der Waals surface area contributed by atoms with Gasteiger partial charge in [0, 0.05) is 25.7 Å². The van der Waals surface area contributed by atoms with E-state index in [4.69, 9.17) is 10.00 Å². The van der Waals surface area contributed by atoms with Crippen LogP contribution < -0.4 is 15.4 Å². The molecular formula is C19H22N4O. The lowest BCUT2D eigenvalue weighted by Crippen LogP contribution is -2.36. The van der Waals surface area contributed by atoms with Crippen molar-refractivity contribution in [2.75, 3.05) is 14.2 Å². The van der Waals surface area contributed by atoms with Gasteiger partial charge in [0.25, 0.3) is 0 Å². The fourth-order valence-corrected chi connectivity index (χ4v) is 2.28. The van der Waals surface area contributed by atoms with Gasteiger partial charge in [-0.25, -0.2) is 0 Å². The van der Waals surface area contributed by atoms with E-state index in [0.717, 1.165) is 16.9 Å². The third-order valence-electron chi connectivity index (χ3n) is 3.66. The van der Waals surface area contributed by atoms with E-state index in [0.29, 0.717) is 24.6 Å². The fraction of sp³-hybridized carbons (Fsp3) is 0.263. The number of nitriles is 1. The van der Waals surface area contributed by atoms with Crippen LogP contribution in [0.1, 0.15) is 22.3 Å². The molecular weight excluding hydrogens is 300 g/mol. The zero-order valence-electron chi connectivity index (χ0n) is 14.3. The van der Waals surface area contributed by atoms with Crippen LogP contribution in [0, 0.1) is 18.3 Å². The lowest BCUT2D eigenvalue weighted by atomic mass is 10.1. The number of ether oxygens (including phenoxy) is 1. The molecule has 0 spiro atoms. The van der Waals surface area contributed by atoms with Gasteiger partial charge >= 0.3 is 0 Å². The lowest BCUT2D eigenvalue weighted by Gasteiger charge is -2.14. The second-order valence-corrected chi connectivity index (χ2v) is 5.40. The molecule has 2 aromatic rings. The van der Waals surface area contributed by atoms with Gasteiger partial charge in [0.15, 0.2) is 5.96 Å². The van der Waals surface area contributed by atoms with Crippen LogP contribution in [0.2, 0.25) is 0 Å². The van der Waals surface area contributed by atoms with E-state index in [-0.39, 0.29) is 0 Å². The van der Waals surface area contributed by atoms with Gasteiger partial charge in [-0.15, -0.1) is 0 Å². The predicted octanol–water partition coefficient (Wildman–Crippen LogP) is 2.74. The Morgan fingerprint density at radius 2 is 1.83 bits per heavy atom. The van der Waals surface area contributed by atoms with Crippen LogP contribution in [-0.2, 0) is 13.1 Å². The van der Waals surface area contributed by atoms with E-state index >= 15 is 0 Å². The highest BCUT2D eigenvalue weighted by molar-refractivity contribution is 5.79. The summed E-state index contributed by atoms with van der Waals surface area (Å²) < 4.78 is 5.42. The summed E-state index contributed by atoms with van der Waals surface area (Å²) in [5, 5.41) is 15.4. The number of hydrogen-bond donors (Lipinski definition) is 2. The second-order valence-electron chi connectivity index (χ2n) is 5.40. The van der Waals surface area contributed by atoms with Gasteiger partial charge in [-0.2, -0.15) is 5.26 Å². The second kappa shape index (κ2) is 8.59. The number of benzene rings is 2. The first-order chi connectivity index (χ1) is 11.7. The molecule has 0 heterocycles. The average molecular weight is 322 g/mol. The van der Waals surface area contributed by atoms with E-state index in [1.54, 1.807) is 14.2 Å². The Labute approximate surface area is 143 Å². The first-order valence-electron chi connectivity index (χ1n) is 7.73. The van der Waals surface area contributed by atoms with Gasteiger partial charge in [-0.3, -0.25) is 4.99 Å². The Bertz CT molecular complexity index is 745. The molecule has 5 nitrogen and oxygen atoms in total. The zero-order valence-corrected chi connectivity index (χ0v) is 14.3. The topological polar surface area (TPSA) is 69.4 Å². The van der Waals surface area contributed by atoms with Crippen LogP contribution in [-0.4, -0.2) is 20.1 Å². The van der Waals surface area contributed by atoms with Crippen molar-refractivity contribution in [1.29, 1.82) is 5.26 Å². The van der Waals surface area contributed by atoms with Crippen molar-refractivity contribution in [3.05, 3.63) is 64.7 Å². The Balaban J connectivity index is 1.92. The van der Waals surface area contributed by atoms with E-state index in [2.05, 4.69) is 33.8 Å². The van der Waals surface area contributed by atoms with E-state index in [1.807, 2.05) is 37.3 Å². The Hall–Kier alpha value is -3.00. The third kappa shape index (κ3) is 4.75. The monoisotopic (exact) mass is 322 g/mol. The molecule has 124 valence electrons. The summed E-state index contributed by atoms with van der Waals surface area (Å²) in [5.74, 6) is 1.58. The van der Waals surface area contributed by atoms with E-state index in [9.17, 15) is 0 Å². The van der Waals surface area contributed by atoms with Crippen LogP contribution in [0.4, 0.5) is 0 Å². The first kappa shape index (κ1) is 17.4. The SMILES string of the molecule is CN=C(NCc1ccc(C#N)cc1)NCc1ccc(C)cc1OC. The third-order valence-corrected chi connectivity index (χ3v) is 3.66. The number of aryl methyl sites for hydroxylation is 1. The van der Waals surface area contributed by atoms with Gasteiger partial charge in [-0.05, 0) is 36.2 Å². The molecule has 0 aliphatic rings. The maximum absolute atomic E-state index is 8.82. The number of hydrogen-bond acceptors (Lipinski definition) is 3. The molecule has 0 fully saturated rings. The quantitative estimate of drug-likeness (QED) is 0.656. The molecule has 0 atom stereocenters. The normalized spacial score (nSPS) is 10.8. The van der Waals surface area contributed by atoms with Crippen LogP contribution in [0.15, 0.2) is 47.5 Å². The minimum Gasteiger partial charge on any atom is -0.496 e. The number of nitrogens with one attached hydrogen (secondary N) is 2. The minimum atomic E-state index is 0.622.